The molecule has 0 heterocycles. The normalized spacial score (nSPS) is 16.2. The standard InChI is InChI=1S/C22H35P.C18H13BO3/c1-3-18-15-19(4-2)17-22(16-18)23(20-11-7-5-8-12-20)21-13-9-6-10-14-21;20-19(21)22-17-7-3-6-12-8-9-15-10-13-4-1-2-5-14(13)11-16(15)18(12)17/h15-17,20-21H,3-14H2,1-2H3;1-11,20-21H. The van der Waals surface area contributed by atoms with Crippen LogP contribution in [0.4, 0.5) is 0 Å². The molecule has 2 fully saturated rings. The van der Waals surface area contributed by atoms with Crippen LogP contribution in [-0.4, -0.2) is 28.7 Å². The van der Waals surface area contributed by atoms with Gasteiger partial charge in [0, 0.05) is 5.39 Å². The number of hydrogen-bond donors (Lipinski definition) is 2. The molecule has 7 rings (SSSR count). The first-order valence-electron chi connectivity index (χ1n) is 17.3. The summed E-state index contributed by atoms with van der Waals surface area (Å²) in [5, 5.41) is 26.4. The van der Waals surface area contributed by atoms with Crippen LogP contribution in [-0.2, 0) is 12.8 Å². The number of fused-ring (bicyclic) bond motifs is 4. The molecule has 0 saturated heterocycles. The van der Waals surface area contributed by atoms with E-state index in [0.29, 0.717) is 5.75 Å². The van der Waals surface area contributed by atoms with Crippen molar-refractivity contribution >= 4 is 52.9 Å². The molecular weight excluding hydrogens is 570 g/mol. The van der Waals surface area contributed by atoms with Crippen molar-refractivity contribution in [2.24, 2.45) is 0 Å². The molecule has 234 valence electrons. The zero-order valence-electron chi connectivity index (χ0n) is 27.1. The van der Waals surface area contributed by atoms with Gasteiger partial charge in [0.05, 0.1) is 0 Å². The van der Waals surface area contributed by atoms with Crippen molar-refractivity contribution in [3.8, 4) is 5.75 Å². The molecular formula is C40H48BO3P. The van der Waals surface area contributed by atoms with Crippen molar-refractivity contribution in [3.05, 3.63) is 96.1 Å². The van der Waals surface area contributed by atoms with Gasteiger partial charge in [-0.2, -0.15) is 0 Å². The van der Waals surface area contributed by atoms with Crippen molar-refractivity contribution in [2.45, 2.75) is 102 Å². The van der Waals surface area contributed by atoms with Crippen LogP contribution >= 0.6 is 7.92 Å². The molecule has 2 aliphatic carbocycles. The highest BCUT2D eigenvalue weighted by Crippen LogP contribution is 2.55. The quantitative estimate of drug-likeness (QED) is 0.0826. The third-order valence-corrected chi connectivity index (χ3v) is 13.5. The maximum Gasteiger partial charge on any atom is 0.707 e. The summed E-state index contributed by atoms with van der Waals surface area (Å²) < 4.78 is 5.16. The maximum atomic E-state index is 9.14. The highest BCUT2D eigenvalue weighted by molar-refractivity contribution is 7.67. The fourth-order valence-electron chi connectivity index (χ4n) is 7.72. The number of aryl methyl sites for hydroxylation is 2. The third kappa shape index (κ3) is 7.57. The Hall–Kier alpha value is -2.91. The number of rotatable bonds is 7. The van der Waals surface area contributed by atoms with Crippen LogP contribution in [0.1, 0.15) is 89.2 Å². The number of hydrogen-bond acceptors (Lipinski definition) is 3. The summed E-state index contributed by atoms with van der Waals surface area (Å²) in [6, 6.07) is 29.8. The summed E-state index contributed by atoms with van der Waals surface area (Å²) >= 11 is 0. The summed E-state index contributed by atoms with van der Waals surface area (Å²) in [5.41, 5.74) is 5.22. The zero-order valence-corrected chi connectivity index (χ0v) is 27.9. The van der Waals surface area contributed by atoms with Crippen molar-refractivity contribution in [2.75, 3.05) is 0 Å². The Labute approximate surface area is 270 Å². The molecule has 5 aromatic rings. The molecule has 0 atom stereocenters. The minimum absolute atomic E-state index is 0.0641. The fourth-order valence-corrected chi connectivity index (χ4v) is 11.6. The summed E-state index contributed by atoms with van der Waals surface area (Å²) in [7, 11) is -1.77. The average Bonchev–Trinajstić information content (AvgIpc) is 3.08. The van der Waals surface area contributed by atoms with Crippen molar-refractivity contribution in [3.63, 3.8) is 0 Å². The first-order valence-corrected chi connectivity index (χ1v) is 18.8. The van der Waals surface area contributed by atoms with E-state index in [-0.39, 0.29) is 7.92 Å². The minimum Gasteiger partial charge on any atom is -0.511 e. The topological polar surface area (TPSA) is 49.7 Å². The van der Waals surface area contributed by atoms with Gasteiger partial charge in [0.25, 0.3) is 0 Å². The van der Waals surface area contributed by atoms with E-state index in [9.17, 15) is 0 Å². The van der Waals surface area contributed by atoms with Gasteiger partial charge < -0.3 is 14.7 Å². The maximum absolute atomic E-state index is 9.14. The van der Waals surface area contributed by atoms with Gasteiger partial charge in [0.2, 0.25) is 0 Å². The first kappa shape index (κ1) is 32.1. The molecule has 0 unspecified atom stereocenters. The Balaban J connectivity index is 0.000000159. The molecule has 2 saturated carbocycles. The van der Waals surface area contributed by atoms with Crippen LogP contribution in [0.2, 0.25) is 0 Å². The Morgan fingerprint density at radius 1 is 0.622 bits per heavy atom. The van der Waals surface area contributed by atoms with Crippen LogP contribution in [0.5, 0.6) is 5.75 Å². The molecule has 2 N–H and O–H groups in total. The molecule has 0 bridgehead atoms. The average molecular weight is 619 g/mol. The summed E-state index contributed by atoms with van der Waals surface area (Å²) in [6.07, 6.45) is 17.4. The monoisotopic (exact) mass is 618 g/mol. The lowest BCUT2D eigenvalue weighted by molar-refractivity contribution is 0.289. The highest BCUT2D eigenvalue weighted by Gasteiger charge is 2.32. The van der Waals surface area contributed by atoms with Gasteiger partial charge in [-0.05, 0) is 111 Å². The molecule has 3 nitrogen and oxygen atoms in total. The van der Waals surface area contributed by atoms with Crippen LogP contribution in [0.15, 0.2) is 84.9 Å². The lowest BCUT2D eigenvalue weighted by atomic mass is 9.97. The van der Waals surface area contributed by atoms with Crippen molar-refractivity contribution in [1.82, 2.24) is 0 Å². The Kier molecular flexibility index (Phi) is 10.8. The lowest BCUT2D eigenvalue weighted by Crippen LogP contribution is -2.26. The van der Waals surface area contributed by atoms with E-state index >= 15 is 0 Å². The summed E-state index contributed by atoms with van der Waals surface area (Å²) in [6.45, 7) is 4.64. The molecule has 2 aliphatic rings. The van der Waals surface area contributed by atoms with Gasteiger partial charge in [0.1, 0.15) is 5.75 Å². The van der Waals surface area contributed by atoms with E-state index in [1.165, 1.54) is 82.4 Å². The Bertz CT molecular complexity index is 1680. The zero-order chi connectivity index (χ0) is 31.2. The van der Waals surface area contributed by atoms with E-state index in [0.717, 1.165) is 38.2 Å². The van der Waals surface area contributed by atoms with E-state index in [2.05, 4.69) is 62.4 Å². The molecule has 45 heavy (non-hydrogen) atoms. The molecule has 0 spiro atoms. The van der Waals surface area contributed by atoms with E-state index in [4.69, 9.17) is 14.7 Å². The Morgan fingerprint density at radius 3 is 1.76 bits per heavy atom. The van der Waals surface area contributed by atoms with Crippen LogP contribution in [0.3, 0.4) is 0 Å². The van der Waals surface area contributed by atoms with Gasteiger partial charge in [-0.3, -0.25) is 0 Å². The molecule has 5 aromatic carbocycles. The lowest BCUT2D eigenvalue weighted by Gasteiger charge is -2.39. The van der Waals surface area contributed by atoms with E-state index < -0.39 is 7.32 Å². The fraction of sp³-hybridized carbons (Fsp3) is 0.400. The molecule has 0 radical (unpaired) electrons. The second-order valence-corrected chi connectivity index (χ2v) is 15.8. The predicted octanol–water partition coefficient (Wildman–Crippen LogP) is 10.1. The largest absolute Gasteiger partial charge is 0.707 e. The van der Waals surface area contributed by atoms with Crippen LogP contribution < -0.4 is 9.96 Å². The SMILES string of the molecule is CCc1cc(CC)cc(P(C2CCCCC2)C2CCCCC2)c1.OB(O)Oc1cccc2ccc3cc4ccccc4cc3c12. The smallest absolute Gasteiger partial charge is 0.511 e. The molecule has 0 aromatic heterocycles. The van der Waals surface area contributed by atoms with Crippen molar-refractivity contribution < 1.29 is 14.7 Å². The second kappa shape index (κ2) is 15.1. The van der Waals surface area contributed by atoms with Crippen LogP contribution in [0, 0.1) is 0 Å². The first-order chi connectivity index (χ1) is 22.0. The number of benzene rings is 5. The molecule has 0 amide bonds. The predicted molar refractivity (Wildman–Crippen MR) is 195 cm³/mol. The van der Waals surface area contributed by atoms with E-state index in [1.54, 1.807) is 22.5 Å². The van der Waals surface area contributed by atoms with E-state index in [1.807, 2.05) is 30.3 Å². The minimum atomic E-state index is -1.83. The highest BCUT2D eigenvalue weighted by atomic mass is 31.1. The van der Waals surface area contributed by atoms with Gasteiger partial charge in [-0.25, -0.2) is 0 Å². The summed E-state index contributed by atoms with van der Waals surface area (Å²) in [5.74, 6) is 0.466. The van der Waals surface area contributed by atoms with Gasteiger partial charge in [0.15, 0.2) is 0 Å². The van der Waals surface area contributed by atoms with Crippen LogP contribution in [0.25, 0.3) is 32.3 Å². The van der Waals surface area contributed by atoms with Gasteiger partial charge in [-0.15, -0.1) is 0 Å². The Morgan fingerprint density at radius 2 is 1.18 bits per heavy atom. The van der Waals surface area contributed by atoms with Gasteiger partial charge >= 0.3 is 7.32 Å². The summed E-state index contributed by atoms with van der Waals surface area (Å²) in [4.78, 5) is 0. The van der Waals surface area contributed by atoms with Crippen molar-refractivity contribution in [1.29, 1.82) is 0 Å². The third-order valence-electron chi connectivity index (χ3n) is 10.0. The van der Waals surface area contributed by atoms with Gasteiger partial charge in [-0.1, -0.05) is 127 Å². The second-order valence-electron chi connectivity index (χ2n) is 13.0. The molecule has 0 aliphatic heterocycles. The molecule has 5 heteroatoms.